The SMILES string of the molecule is CNc1ccc([N+](=O)[O-])cc1C(=O)NCc1cccc(C(F)(F)F)c1. The van der Waals surface area contributed by atoms with Crippen molar-refractivity contribution in [1.29, 1.82) is 0 Å². The molecule has 0 aromatic heterocycles. The lowest BCUT2D eigenvalue weighted by Crippen LogP contribution is -2.24. The molecular formula is C16H14F3N3O3. The van der Waals surface area contributed by atoms with Gasteiger partial charge in [-0.3, -0.25) is 14.9 Å². The van der Waals surface area contributed by atoms with E-state index in [0.29, 0.717) is 5.69 Å². The van der Waals surface area contributed by atoms with E-state index in [-0.39, 0.29) is 23.4 Å². The molecule has 25 heavy (non-hydrogen) atoms. The number of amides is 1. The molecule has 0 spiro atoms. The quantitative estimate of drug-likeness (QED) is 0.636. The summed E-state index contributed by atoms with van der Waals surface area (Å²) < 4.78 is 38.1. The fourth-order valence-corrected chi connectivity index (χ4v) is 2.19. The van der Waals surface area contributed by atoms with Crippen LogP contribution in [-0.4, -0.2) is 17.9 Å². The maximum atomic E-state index is 12.7. The summed E-state index contributed by atoms with van der Waals surface area (Å²) >= 11 is 0. The van der Waals surface area contributed by atoms with E-state index >= 15 is 0 Å². The Balaban J connectivity index is 2.18. The van der Waals surface area contributed by atoms with Crippen molar-refractivity contribution >= 4 is 17.3 Å². The summed E-state index contributed by atoms with van der Waals surface area (Å²) in [6.45, 7) is -0.144. The summed E-state index contributed by atoms with van der Waals surface area (Å²) in [6.07, 6.45) is -4.47. The van der Waals surface area contributed by atoms with Crippen molar-refractivity contribution in [2.75, 3.05) is 12.4 Å². The third-order valence-electron chi connectivity index (χ3n) is 3.44. The van der Waals surface area contributed by atoms with Crippen molar-refractivity contribution in [2.24, 2.45) is 0 Å². The maximum absolute atomic E-state index is 12.7. The lowest BCUT2D eigenvalue weighted by Gasteiger charge is -2.11. The number of nitro benzene ring substituents is 1. The molecule has 2 aromatic rings. The van der Waals surface area contributed by atoms with Crippen LogP contribution in [0, 0.1) is 10.1 Å². The highest BCUT2D eigenvalue weighted by molar-refractivity contribution is 6.00. The predicted molar refractivity (Wildman–Crippen MR) is 85.3 cm³/mol. The summed E-state index contributed by atoms with van der Waals surface area (Å²) in [5.41, 5.74) is -0.413. The van der Waals surface area contributed by atoms with E-state index in [1.165, 1.54) is 24.3 Å². The number of alkyl halides is 3. The minimum atomic E-state index is -4.47. The summed E-state index contributed by atoms with van der Waals surface area (Å²) in [5.74, 6) is -0.634. The summed E-state index contributed by atoms with van der Waals surface area (Å²) in [5, 5.41) is 16.0. The second-order valence-corrected chi connectivity index (χ2v) is 5.12. The van der Waals surface area contributed by atoms with Crippen molar-refractivity contribution < 1.29 is 22.9 Å². The van der Waals surface area contributed by atoms with E-state index in [0.717, 1.165) is 18.2 Å². The predicted octanol–water partition coefficient (Wildman–Crippen LogP) is 3.59. The van der Waals surface area contributed by atoms with Crippen LogP contribution in [-0.2, 0) is 12.7 Å². The first-order valence-electron chi connectivity index (χ1n) is 7.13. The zero-order chi connectivity index (χ0) is 18.6. The molecule has 0 atom stereocenters. The standard InChI is InChI=1S/C16H14F3N3O3/c1-20-14-6-5-12(22(24)25)8-13(14)15(23)21-9-10-3-2-4-11(7-10)16(17,18)19/h2-8,20H,9H2,1H3,(H,21,23). The molecule has 0 saturated heterocycles. The highest BCUT2D eigenvalue weighted by Gasteiger charge is 2.30. The molecule has 0 radical (unpaired) electrons. The van der Waals surface area contributed by atoms with Gasteiger partial charge in [-0.25, -0.2) is 0 Å². The zero-order valence-electron chi connectivity index (χ0n) is 13.1. The second kappa shape index (κ2) is 7.20. The Labute approximate surface area is 140 Å². The molecule has 0 aliphatic rings. The average molecular weight is 353 g/mol. The van der Waals surface area contributed by atoms with Crippen LogP contribution >= 0.6 is 0 Å². The van der Waals surface area contributed by atoms with Gasteiger partial charge in [0.15, 0.2) is 0 Å². The monoisotopic (exact) mass is 353 g/mol. The fraction of sp³-hybridized carbons (Fsp3) is 0.188. The first kappa shape index (κ1) is 18.2. The van der Waals surface area contributed by atoms with Gasteiger partial charge in [-0.1, -0.05) is 12.1 Å². The number of nitrogens with one attached hydrogen (secondary N) is 2. The van der Waals surface area contributed by atoms with Crippen molar-refractivity contribution in [1.82, 2.24) is 5.32 Å². The van der Waals surface area contributed by atoms with Gasteiger partial charge in [0.1, 0.15) is 0 Å². The highest BCUT2D eigenvalue weighted by Crippen LogP contribution is 2.29. The van der Waals surface area contributed by atoms with Crippen LogP contribution in [0.1, 0.15) is 21.5 Å². The van der Waals surface area contributed by atoms with Crippen molar-refractivity contribution in [3.63, 3.8) is 0 Å². The Morgan fingerprint density at radius 2 is 1.92 bits per heavy atom. The molecule has 132 valence electrons. The number of anilines is 1. The molecule has 0 bridgehead atoms. The van der Waals surface area contributed by atoms with Gasteiger partial charge in [0.25, 0.3) is 11.6 Å². The van der Waals surface area contributed by atoms with Gasteiger partial charge >= 0.3 is 6.18 Å². The molecule has 9 heteroatoms. The highest BCUT2D eigenvalue weighted by atomic mass is 19.4. The van der Waals surface area contributed by atoms with Crippen molar-refractivity contribution in [3.05, 3.63) is 69.3 Å². The molecule has 0 unspecified atom stereocenters. The topological polar surface area (TPSA) is 84.3 Å². The first-order chi connectivity index (χ1) is 11.7. The number of carbonyl (C=O) groups excluding carboxylic acids is 1. The molecule has 0 aliphatic carbocycles. The van der Waals surface area contributed by atoms with Gasteiger partial charge in [0.05, 0.1) is 16.1 Å². The van der Waals surface area contributed by atoms with Crippen LogP contribution in [0.5, 0.6) is 0 Å². The molecular weight excluding hydrogens is 339 g/mol. The Hall–Kier alpha value is -3.10. The van der Waals surface area contributed by atoms with Gasteiger partial charge < -0.3 is 10.6 Å². The molecule has 1 amide bonds. The summed E-state index contributed by atoms with van der Waals surface area (Å²) in [7, 11) is 1.55. The van der Waals surface area contributed by atoms with Gasteiger partial charge in [-0.15, -0.1) is 0 Å². The normalized spacial score (nSPS) is 11.0. The van der Waals surface area contributed by atoms with Gasteiger partial charge in [-0.05, 0) is 23.8 Å². The number of nitro groups is 1. The summed E-state index contributed by atoms with van der Waals surface area (Å²) in [4.78, 5) is 22.5. The van der Waals surface area contributed by atoms with E-state index in [9.17, 15) is 28.1 Å². The van der Waals surface area contributed by atoms with Crippen LogP contribution in [0.15, 0.2) is 42.5 Å². The molecule has 2 aromatic carbocycles. The van der Waals surface area contributed by atoms with Crippen LogP contribution in [0.4, 0.5) is 24.5 Å². The molecule has 2 rings (SSSR count). The first-order valence-corrected chi connectivity index (χ1v) is 7.13. The van der Waals surface area contributed by atoms with E-state index in [2.05, 4.69) is 10.6 Å². The fourth-order valence-electron chi connectivity index (χ4n) is 2.19. The van der Waals surface area contributed by atoms with Crippen LogP contribution in [0.3, 0.4) is 0 Å². The average Bonchev–Trinajstić information content (AvgIpc) is 2.58. The van der Waals surface area contributed by atoms with Crippen LogP contribution < -0.4 is 10.6 Å². The lowest BCUT2D eigenvalue weighted by molar-refractivity contribution is -0.384. The Bertz CT molecular complexity index is 807. The van der Waals surface area contributed by atoms with Gasteiger partial charge in [0.2, 0.25) is 0 Å². The molecule has 0 fully saturated rings. The number of carbonyl (C=O) groups is 1. The maximum Gasteiger partial charge on any atom is 0.416 e. The Morgan fingerprint density at radius 1 is 1.20 bits per heavy atom. The van der Waals surface area contributed by atoms with Crippen molar-refractivity contribution in [3.8, 4) is 0 Å². The third-order valence-corrected chi connectivity index (χ3v) is 3.44. The number of non-ortho nitro benzene ring substituents is 1. The molecule has 0 saturated carbocycles. The minimum absolute atomic E-state index is 0.0312. The Morgan fingerprint density at radius 3 is 2.52 bits per heavy atom. The molecule has 0 heterocycles. The Kier molecular flexibility index (Phi) is 5.26. The van der Waals surface area contributed by atoms with Gasteiger partial charge in [0, 0.05) is 31.4 Å². The number of hydrogen-bond acceptors (Lipinski definition) is 4. The van der Waals surface area contributed by atoms with E-state index in [4.69, 9.17) is 0 Å². The number of halogens is 3. The summed E-state index contributed by atoms with van der Waals surface area (Å²) in [6, 6.07) is 8.30. The number of rotatable bonds is 5. The molecule has 0 aliphatic heterocycles. The van der Waals surface area contributed by atoms with E-state index in [1.54, 1.807) is 7.05 Å². The number of hydrogen-bond donors (Lipinski definition) is 2. The van der Waals surface area contributed by atoms with Gasteiger partial charge in [-0.2, -0.15) is 13.2 Å². The molecule has 2 N–H and O–H groups in total. The molecule has 6 nitrogen and oxygen atoms in total. The number of benzene rings is 2. The van der Waals surface area contributed by atoms with Crippen LogP contribution in [0.25, 0.3) is 0 Å². The lowest BCUT2D eigenvalue weighted by atomic mass is 10.1. The largest absolute Gasteiger partial charge is 0.416 e. The second-order valence-electron chi connectivity index (χ2n) is 5.12. The minimum Gasteiger partial charge on any atom is -0.387 e. The number of nitrogens with zero attached hydrogens (tertiary/aromatic N) is 1. The third kappa shape index (κ3) is 4.46. The van der Waals surface area contributed by atoms with Crippen molar-refractivity contribution in [2.45, 2.75) is 12.7 Å². The smallest absolute Gasteiger partial charge is 0.387 e. The van der Waals surface area contributed by atoms with E-state index < -0.39 is 22.6 Å². The van der Waals surface area contributed by atoms with E-state index in [1.807, 2.05) is 0 Å². The van der Waals surface area contributed by atoms with Crippen LogP contribution in [0.2, 0.25) is 0 Å². The zero-order valence-corrected chi connectivity index (χ0v) is 13.1.